The molecule has 0 saturated heterocycles. The fourth-order valence-corrected chi connectivity index (χ4v) is 2.75. The number of primary sulfonamides is 1. The number of hydrogen-bond donors (Lipinski definition) is 1. The molecular formula is C12H17N5O2S. The molecule has 0 spiro atoms. The Kier molecular flexibility index (Phi) is 3.61. The normalized spacial score (nSPS) is 12.6. The minimum absolute atomic E-state index is 0.219. The Bertz CT molecular complexity index is 701. The third-order valence-corrected chi connectivity index (χ3v) is 3.48. The summed E-state index contributed by atoms with van der Waals surface area (Å²) in [6, 6.07) is 3.71. The molecule has 0 bridgehead atoms. The van der Waals surface area contributed by atoms with E-state index < -0.39 is 15.6 Å². The molecule has 7 nitrogen and oxygen atoms in total. The molecule has 2 N–H and O–H groups in total. The van der Waals surface area contributed by atoms with E-state index >= 15 is 0 Å². The minimum atomic E-state index is -3.91. The van der Waals surface area contributed by atoms with Gasteiger partial charge in [-0.3, -0.25) is 9.55 Å². The monoisotopic (exact) mass is 295 g/mol. The summed E-state index contributed by atoms with van der Waals surface area (Å²) in [4.78, 5) is 4.03. The first-order valence-electron chi connectivity index (χ1n) is 6.06. The van der Waals surface area contributed by atoms with E-state index in [1.54, 1.807) is 17.0 Å². The lowest BCUT2D eigenvalue weighted by Crippen LogP contribution is -2.30. The molecule has 0 aliphatic heterocycles. The number of aromatic nitrogens is 4. The Morgan fingerprint density at radius 1 is 1.30 bits per heavy atom. The van der Waals surface area contributed by atoms with Crippen molar-refractivity contribution in [2.75, 3.05) is 0 Å². The predicted octanol–water partition coefficient (Wildman–Crippen LogP) is 0.666. The minimum Gasteiger partial charge on any atom is -0.295 e. The van der Waals surface area contributed by atoms with Gasteiger partial charge in [-0.15, -0.1) is 10.2 Å². The van der Waals surface area contributed by atoms with Gasteiger partial charge in [0.05, 0.1) is 0 Å². The topological polar surface area (TPSA) is 104 Å². The first-order valence-corrected chi connectivity index (χ1v) is 7.61. The van der Waals surface area contributed by atoms with Crippen LogP contribution >= 0.6 is 0 Å². The maximum Gasteiger partial charge on any atom is 0.273 e. The molecule has 8 heteroatoms. The van der Waals surface area contributed by atoms with Crippen LogP contribution in [-0.4, -0.2) is 28.2 Å². The van der Waals surface area contributed by atoms with Gasteiger partial charge in [-0.1, -0.05) is 6.07 Å². The fourth-order valence-electron chi connectivity index (χ4n) is 1.96. The number of pyridine rings is 1. The highest BCUT2D eigenvalue weighted by atomic mass is 32.2. The van der Waals surface area contributed by atoms with Crippen LogP contribution in [0.1, 0.15) is 32.2 Å². The van der Waals surface area contributed by atoms with Gasteiger partial charge < -0.3 is 0 Å². The molecule has 0 saturated carbocycles. The lowest BCUT2D eigenvalue weighted by atomic mass is 10.1. The zero-order valence-corrected chi connectivity index (χ0v) is 12.4. The molecular weight excluding hydrogens is 278 g/mol. The molecule has 0 radical (unpaired) electrons. The van der Waals surface area contributed by atoms with Crippen LogP contribution in [0.15, 0.2) is 29.7 Å². The summed E-state index contributed by atoms with van der Waals surface area (Å²) in [5.41, 5.74) is 0.425. The lowest BCUT2D eigenvalue weighted by molar-refractivity contribution is 0.351. The summed E-state index contributed by atoms with van der Waals surface area (Å²) in [6.45, 7) is 5.62. The third kappa shape index (κ3) is 3.02. The van der Waals surface area contributed by atoms with E-state index in [9.17, 15) is 8.42 Å². The van der Waals surface area contributed by atoms with Crippen molar-refractivity contribution < 1.29 is 8.42 Å². The van der Waals surface area contributed by atoms with Crippen LogP contribution in [0.3, 0.4) is 0 Å². The third-order valence-electron chi connectivity index (χ3n) is 2.71. The standard InChI is InChI=1S/C12H17N5O2S/c1-12(2,3)17-10(7-9-5-4-6-14-8-9)15-16-11(17)20(13,18)19/h4-6,8H,7H2,1-3H3,(H2,13,18,19). The average molecular weight is 295 g/mol. The summed E-state index contributed by atoms with van der Waals surface area (Å²) in [7, 11) is -3.91. The molecule has 0 amide bonds. The first kappa shape index (κ1) is 14.6. The van der Waals surface area contributed by atoms with Crippen molar-refractivity contribution in [3.63, 3.8) is 0 Å². The van der Waals surface area contributed by atoms with Crippen LogP contribution in [0.4, 0.5) is 0 Å². The summed E-state index contributed by atoms with van der Waals surface area (Å²) in [5.74, 6) is 0.537. The predicted molar refractivity (Wildman–Crippen MR) is 73.4 cm³/mol. The lowest BCUT2D eigenvalue weighted by Gasteiger charge is -2.24. The zero-order chi connectivity index (χ0) is 15.0. The van der Waals surface area contributed by atoms with Gasteiger partial charge in [0.25, 0.3) is 15.2 Å². The van der Waals surface area contributed by atoms with Crippen molar-refractivity contribution in [3.8, 4) is 0 Å². The Balaban J connectivity index is 2.53. The van der Waals surface area contributed by atoms with Crippen molar-refractivity contribution in [1.82, 2.24) is 19.7 Å². The molecule has 2 rings (SSSR count). The van der Waals surface area contributed by atoms with Crippen LogP contribution < -0.4 is 5.14 Å². The van der Waals surface area contributed by atoms with Gasteiger partial charge in [-0.05, 0) is 32.4 Å². The number of rotatable bonds is 3. The van der Waals surface area contributed by atoms with Crippen LogP contribution in [0.25, 0.3) is 0 Å². The Morgan fingerprint density at radius 2 is 2.00 bits per heavy atom. The first-order chi connectivity index (χ1) is 9.19. The molecule has 20 heavy (non-hydrogen) atoms. The quantitative estimate of drug-likeness (QED) is 0.896. The van der Waals surface area contributed by atoms with Gasteiger partial charge >= 0.3 is 0 Å². The second-order valence-corrected chi connectivity index (χ2v) is 6.94. The van der Waals surface area contributed by atoms with E-state index in [2.05, 4.69) is 15.2 Å². The second-order valence-electron chi connectivity index (χ2n) is 5.49. The van der Waals surface area contributed by atoms with E-state index in [0.717, 1.165) is 5.56 Å². The Labute approximate surface area is 117 Å². The van der Waals surface area contributed by atoms with E-state index in [4.69, 9.17) is 5.14 Å². The molecule has 2 aromatic rings. The van der Waals surface area contributed by atoms with Gasteiger partial charge in [-0.25, -0.2) is 13.6 Å². The van der Waals surface area contributed by atoms with Crippen LogP contribution in [0.5, 0.6) is 0 Å². The maximum absolute atomic E-state index is 11.6. The van der Waals surface area contributed by atoms with Crippen LogP contribution in [-0.2, 0) is 22.0 Å². The SMILES string of the molecule is CC(C)(C)n1c(Cc2cccnc2)nnc1S(N)(=O)=O. The van der Waals surface area contributed by atoms with Gasteiger partial charge in [0, 0.05) is 24.4 Å². The summed E-state index contributed by atoms with van der Waals surface area (Å²) in [6.07, 6.45) is 3.82. The molecule has 0 atom stereocenters. The fraction of sp³-hybridized carbons (Fsp3) is 0.417. The molecule has 0 aromatic carbocycles. The number of nitrogens with zero attached hydrogens (tertiary/aromatic N) is 4. The molecule has 0 unspecified atom stereocenters. The number of nitrogens with two attached hydrogens (primary N) is 1. The molecule has 0 aliphatic rings. The van der Waals surface area contributed by atoms with Gasteiger partial charge in [0.2, 0.25) is 0 Å². The van der Waals surface area contributed by atoms with Gasteiger partial charge in [-0.2, -0.15) is 0 Å². The van der Waals surface area contributed by atoms with Crippen molar-refractivity contribution in [2.45, 2.75) is 37.9 Å². The van der Waals surface area contributed by atoms with E-state index in [0.29, 0.717) is 12.2 Å². The summed E-state index contributed by atoms with van der Waals surface area (Å²) < 4.78 is 24.8. The Hall–Kier alpha value is -1.80. The largest absolute Gasteiger partial charge is 0.295 e. The zero-order valence-electron chi connectivity index (χ0n) is 11.6. The highest BCUT2D eigenvalue weighted by Gasteiger charge is 2.28. The highest BCUT2D eigenvalue weighted by molar-refractivity contribution is 7.89. The average Bonchev–Trinajstić information content (AvgIpc) is 2.73. The van der Waals surface area contributed by atoms with Crippen molar-refractivity contribution in [3.05, 3.63) is 35.9 Å². The van der Waals surface area contributed by atoms with Crippen molar-refractivity contribution >= 4 is 10.0 Å². The summed E-state index contributed by atoms with van der Waals surface area (Å²) in [5, 5.41) is 12.7. The molecule has 2 heterocycles. The van der Waals surface area contributed by atoms with Crippen LogP contribution in [0.2, 0.25) is 0 Å². The molecule has 0 fully saturated rings. The smallest absolute Gasteiger partial charge is 0.273 e. The van der Waals surface area contributed by atoms with Gasteiger partial charge in [0.15, 0.2) is 0 Å². The highest BCUT2D eigenvalue weighted by Crippen LogP contribution is 2.22. The Morgan fingerprint density at radius 3 is 2.50 bits per heavy atom. The number of hydrogen-bond acceptors (Lipinski definition) is 5. The van der Waals surface area contributed by atoms with E-state index in [1.165, 1.54) is 0 Å². The maximum atomic E-state index is 11.6. The van der Waals surface area contributed by atoms with Gasteiger partial charge in [0.1, 0.15) is 5.82 Å². The summed E-state index contributed by atoms with van der Waals surface area (Å²) >= 11 is 0. The molecule has 108 valence electrons. The molecule has 2 aromatic heterocycles. The van der Waals surface area contributed by atoms with Crippen LogP contribution in [0, 0.1) is 0 Å². The number of sulfonamides is 1. The van der Waals surface area contributed by atoms with Crippen molar-refractivity contribution in [2.24, 2.45) is 5.14 Å². The van der Waals surface area contributed by atoms with Crippen molar-refractivity contribution in [1.29, 1.82) is 0 Å². The molecule has 0 aliphatic carbocycles. The second kappa shape index (κ2) is 4.95. The van der Waals surface area contributed by atoms with E-state index in [1.807, 2.05) is 32.9 Å². The van der Waals surface area contributed by atoms with E-state index in [-0.39, 0.29) is 5.16 Å².